The Bertz CT molecular complexity index is 913. The lowest BCUT2D eigenvalue weighted by Gasteiger charge is -2.15. The summed E-state index contributed by atoms with van der Waals surface area (Å²) < 4.78 is 33.3. The van der Waals surface area contributed by atoms with Gasteiger partial charge in [0.15, 0.2) is 0 Å². The molecule has 7 heteroatoms. The monoisotopic (exact) mass is 346 g/mol. The van der Waals surface area contributed by atoms with Crippen molar-refractivity contribution < 1.29 is 17.9 Å². The fourth-order valence-corrected chi connectivity index (χ4v) is 4.46. The van der Waals surface area contributed by atoms with Gasteiger partial charge in [-0.25, -0.2) is 8.42 Å². The number of rotatable bonds is 4. The highest BCUT2D eigenvalue weighted by Gasteiger charge is 2.22. The van der Waals surface area contributed by atoms with Crippen LogP contribution in [0.2, 0.25) is 0 Å². The zero-order valence-corrected chi connectivity index (χ0v) is 14.5. The standard InChI is InChI=1S/C17H18N2O4S/c1-10-6-14(23-3)7-11(2)17(10)24(21,22)19-13-4-5-15-12(8-13)9-16(20)18-15/h4-8,19H,9H2,1-3H3,(H,18,20). The van der Waals surface area contributed by atoms with Gasteiger partial charge in [-0.3, -0.25) is 9.52 Å². The van der Waals surface area contributed by atoms with Gasteiger partial charge in [0.25, 0.3) is 10.0 Å². The molecule has 24 heavy (non-hydrogen) atoms. The van der Waals surface area contributed by atoms with Gasteiger partial charge in [0.05, 0.1) is 18.4 Å². The molecule has 1 amide bonds. The summed E-state index contributed by atoms with van der Waals surface area (Å²) in [7, 11) is -2.20. The van der Waals surface area contributed by atoms with Crippen LogP contribution in [-0.4, -0.2) is 21.4 Å². The van der Waals surface area contributed by atoms with Crippen molar-refractivity contribution in [2.24, 2.45) is 0 Å². The van der Waals surface area contributed by atoms with Gasteiger partial charge in [-0.1, -0.05) is 0 Å². The Morgan fingerprint density at radius 1 is 1.12 bits per heavy atom. The SMILES string of the molecule is COc1cc(C)c(S(=O)(=O)Nc2ccc3c(c2)CC(=O)N3)c(C)c1. The fourth-order valence-electron chi connectivity index (χ4n) is 2.95. The van der Waals surface area contributed by atoms with E-state index >= 15 is 0 Å². The van der Waals surface area contributed by atoms with Crippen LogP contribution < -0.4 is 14.8 Å². The smallest absolute Gasteiger partial charge is 0.262 e. The maximum Gasteiger partial charge on any atom is 0.262 e. The summed E-state index contributed by atoms with van der Waals surface area (Å²) in [6, 6.07) is 8.39. The average Bonchev–Trinajstić information content (AvgIpc) is 2.84. The molecule has 0 atom stereocenters. The lowest BCUT2D eigenvalue weighted by molar-refractivity contribution is -0.115. The molecular weight excluding hydrogens is 328 g/mol. The van der Waals surface area contributed by atoms with Gasteiger partial charge in [-0.05, 0) is 60.9 Å². The largest absolute Gasteiger partial charge is 0.497 e. The summed E-state index contributed by atoms with van der Waals surface area (Å²) in [5, 5.41) is 2.72. The zero-order valence-electron chi connectivity index (χ0n) is 13.6. The minimum atomic E-state index is -3.74. The van der Waals surface area contributed by atoms with Crippen LogP contribution in [0, 0.1) is 13.8 Å². The van der Waals surface area contributed by atoms with Gasteiger partial charge in [0.1, 0.15) is 5.75 Å². The molecule has 0 radical (unpaired) electrons. The molecule has 6 nitrogen and oxygen atoms in total. The van der Waals surface area contributed by atoms with Crippen molar-refractivity contribution in [3.05, 3.63) is 47.0 Å². The van der Waals surface area contributed by atoms with Crippen molar-refractivity contribution in [1.29, 1.82) is 0 Å². The van der Waals surface area contributed by atoms with Crippen molar-refractivity contribution >= 4 is 27.3 Å². The second-order valence-corrected chi connectivity index (χ2v) is 7.41. The Kier molecular flexibility index (Phi) is 3.96. The highest BCUT2D eigenvalue weighted by atomic mass is 32.2. The minimum absolute atomic E-state index is 0.0909. The quantitative estimate of drug-likeness (QED) is 0.891. The molecule has 1 heterocycles. The van der Waals surface area contributed by atoms with Crippen LogP contribution in [0.15, 0.2) is 35.2 Å². The van der Waals surface area contributed by atoms with Crippen molar-refractivity contribution in [1.82, 2.24) is 0 Å². The number of ether oxygens (including phenoxy) is 1. The molecule has 2 aromatic rings. The van der Waals surface area contributed by atoms with Gasteiger partial charge in [0.2, 0.25) is 5.91 Å². The van der Waals surface area contributed by atoms with Gasteiger partial charge >= 0.3 is 0 Å². The van der Waals surface area contributed by atoms with E-state index in [1.807, 2.05) is 0 Å². The first kappa shape index (κ1) is 16.3. The molecule has 0 unspecified atom stereocenters. The van der Waals surface area contributed by atoms with E-state index in [9.17, 15) is 13.2 Å². The number of hydrogen-bond donors (Lipinski definition) is 2. The number of hydrogen-bond acceptors (Lipinski definition) is 4. The van der Waals surface area contributed by atoms with Crippen LogP contribution in [0.4, 0.5) is 11.4 Å². The molecule has 3 rings (SSSR count). The zero-order chi connectivity index (χ0) is 17.5. The van der Waals surface area contributed by atoms with E-state index in [2.05, 4.69) is 10.0 Å². The molecule has 0 aliphatic carbocycles. The molecule has 126 valence electrons. The topological polar surface area (TPSA) is 84.5 Å². The van der Waals surface area contributed by atoms with E-state index < -0.39 is 10.0 Å². The predicted octanol–water partition coefficient (Wildman–Crippen LogP) is 2.61. The third kappa shape index (κ3) is 2.94. The molecule has 0 bridgehead atoms. The number of nitrogens with one attached hydrogen (secondary N) is 2. The number of benzene rings is 2. The highest BCUT2D eigenvalue weighted by Crippen LogP contribution is 2.30. The number of fused-ring (bicyclic) bond motifs is 1. The first-order chi connectivity index (χ1) is 11.3. The average molecular weight is 346 g/mol. The van der Waals surface area contributed by atoms with Gasteiger partial charge < -0.3 is 10.1 Å². The van der Waals surface area contributed by atoms with E-state index in [0.29, 0.717) is 22.6 Å². The lowest BCUT2D eigenvalue weighted by Crippen LogP contribution is -2.16. The highest BCUT2D eigenvalue weighted by molar-refractivity contribution is 7.92. The number of aryl methyl sites for hydroxylation is 2. The van der Waals surface area contributed by atoms with Crippen LogP contribution in [-0.2, 0) is 21.2 Å². The summed E-state index contributed by atoms with van der Waals surface area (Å²) in [5.74, 6) is 0.526. The van der Waals surface area contributed by atoms with E-state index in [4.69, 9.17) is 4.74 Å². The first-order valence-electron chi connectivity index (χ1n) is 7.41. The molecule has 0 fully saturated rings. The van der Waals surface area contributed by atoms with Gasteiger partial charge in [-0.15, -0.1) is 0 Å². The Balaban J connectivity index is 1.96. The maximum atomic E-state index is 12.8. The first-order valence-corrected chi connectivity index (χ1v) is 8.89. The second kappa shape index (κ2) is 5.83. The maximum absolute atomic E-state index is 12.8. The van der Waals surface area contributed by atoms with Crippen molar-refractivity contribution in [3.63, 3.8) is 0 Å². The van der Waals surface area contributed by atoms with Gasteiger partial charge in [-0.2, -0.15) is 0 Å². The number of carbonyl (C=O) groups excluding carboxylic acids is 1. The van der Waals surface area contributed by atoms with Crippen LogP contribution >= 0.6 is 0 Å². The van der Waals surface area contributed by atoms with Crippen molar-refractivity contribution in [3.8, 4) is 5.75 Å². The van der Waals surface area contributed by atoms with Crippen LogP contribution in [0.5, 0.6) is 5.75 Å². The van der Waals surface area contributed by atoms with Crippen molar-refractivity contribution in [2.45, 2.75) is 25.2 Å². The van der Waals surface area contributed by atoms with E-state index in [0.717, 1.165) is 11.3 Å². The third-order valence-corrected chi connectivity index (χ3v) is 5.61. The summed E-state index contributed by atoms with van der Waals surface area (Å²) in [4.78, 5) is 11.6. The van der Waals surface area contributed by atoms with E-state index in [1.54, 1.807) is 51.3 Å². The summed E-state index contributed by atoms with van der Waals surface area (Å²) in [6.45, 7) is 3.46. The summed E-state index contributed by atoms with van der Waals surface area (Å²) >= 11 is 0. The Labute approximate surface area is 140 Å². The molecule has 1 aliphatic heterocycles. The molecule has 0 saturated heterocycles. The fraction of sp³-hybridized carbons (Fsp3) is 0.235. The number of methoxy groups -OCH3 is 1. The number of amides is 1. The number of anilines is 2. The molecule has 2 N–H and O–H groups in total. The molecule has 0 saturated carbocycles. The van der Waals surface area contributed by atoms with E-state index in [1.165, 1.54) is 0 Å². The summed E-state index contributed by atoms with van der Waals surface area (Å²) in [5.41, 5.74) is 3.15. The molecule has 0 aromatic heterocycles. The summed E-state index contributed by atoms with van der Waals surface area (Å²) in [6.07, 6.45) is 0.255. The van der Waals surface area contributed by atoms with Crippen LogP contribution in [0.3, 0.4) is 0 Å². The Morgan fingerprint density at radius 2 is 1.79 bits per heavy atom. The number of carbonyl (C=O) groups is 1. The molecule has 1 aliphatic rings. The minimum Gasteiger partial charge on any atom is -0.497 e. The molecule has 2 aromatic carbocycles. The Hall–Kier alpha value is -2.54. The van der Waals surface area contributed by atoms with Crippen LogP contribution in [0.1, 0.15) is 16.7 Å². The molecular formula is C17H18N2O4S. The predicted molar refractivity (Wildman–Crippen MR) is 92.1 cm³/mol. The molecule has 0 spiro atoms. The number of sulfonamides is 1. The van der Waals surface area contributed by atoms with Crippen LogP contribution in [0.25, 0.3) is 0 Å². The Morgan fingerprint density at radius 3 is 2.42 bits per heavy atom. The second-order valence-electron chi connectivity index (χ2n) is 5.79. The van der Waals surface area contributed by atoms with Gasteiger partial charge in [0, 0.05) is 11.4 Å². The lowest BCUT2D eigenvalue weighted by atomic mass is 10.1. The third-order valence-electron chi connectivity index (χ3n) is 3.92. The van der Waals surface area contributed by atoms with E-state index in [-0.39, 0.29) is 17.2 Å². The normalized spacial score (nSPS) is 13.4. The van der Waals surface area contributed by atoms with Crippen molar-refractivity contribution in [2.75, 3.05) is 17.1 Å².